The van der Waals surface area contributed by atoms with Crippen molar-refractivity contribution in [1.29, 1.82) is 0 Å². The highest BCUT2D eigenvalue weighted by Crippen LogP contribution is 2.25. The Kier molecular flexibility index (Phi) is 4.50. The van der Waals surface area contributed by atoms with E-state index in [2.05, 4.69) is 21.1 Å². The maximum atomic E-state index is 12.2. The molecule has 0 radical (unpaired) electrons. The highest BCUT2D eigenvalue weighted by molar-refractivity contribution is 5.95. The number of benzene rings is 1. The fourth-order valence-corrected chi connectivity index (χ4v) is 2.69. The summed E-state index contributed by atoms with van der Waals surface area (Å²) in [6, 6.07) is 9.01. The van der Waals surface area contributed by atoms with Crippen LogP contribution in [0.25, 0.3) is 0 Å². The monoisotopic (exact) mass is 328 g/mol. The normalized spacial score (nSPS) is 18.1. The minimum Gasteiger partial charge on any atom is -0.374 e. The van der Waals surface area contributed by atoms with Gasteiger partial charge in [0.25, 0.3) is 0 Å². The van der Waals surface area contributed by atoms with Crippen molar-refractivity contribution in [3.8, 4) is 0 Å². The molecule has 1 aliphatic heterocycles. The Labute approximate surface area is 139 Å². The largest absolute Gasteiger partial charge is 0.374 e. The molecule has 0 saturated carbocycles. The van der Waals surface area contributed by atoms with Gasteiger partial charge < -0.3 is 15.2 Å². The summed E-state index contributed by atoms with van der Waals surface area (Å²) in [4.78, 5) is 23.6. The predicted molar refractivity (Wildman–Crippen MR) is 89.8 cm³/mol. The second-order valence-electron chi connectivity index (χ2n) is 6.02. The van der Waals surface area contributed by atoms with Crippen LogP contribution in [0.5, 0.6) is 0 Å². The van der Waals surface area contributed by atoms with Crippen LogP contribution >= 0.6 is 0 Å². The summed E-state index contributed by atoms with van der Waals surface area (Å²) in [5, 5.41) is 12.4. The lowest BCUT2D eigenvalue weighted by Crippen LogP contribution is -2.31. The quantitative estimate of drug-likeness (QED) is 0.780. The molecule has 24 heavy (non-hydrogen) atoms. The van der Waals surface area contributed by atoms with Crippen molar-refractivity contribution < 1.29 is 14.1 Å². The van der Waals surface area contributed by atoms with Crippen molar-refractivity contribution in [2.24, 2.45) is 0 Å². The van der Waals surface area contributed by atoms with Gasteiger partial charge in [0.15, 0.2) is 0 Å². The highest BCUT2D eigenvalue weighted by Gasteiger charge is 2.23. The Balaban J connectivity index is 1.62. The Hall–Kier alpha value is -2.83. The highest BCUT2D eigenvalue weighted by atomic mass is 16.5. The Bertz CT molecular complexity index is 756. The van der Waals surface area contributed by atoms with Crippen LogP contribution in [0.15, 0.2) is 34.9 Å². The summed E-state index contributed by atoms with van der Waals surface area (Å²) >= 11 is 0. The van der Waals surface area contributed by atoms with Crippen molar-refractivity contribution in [2.45, 2.75) is 32.2 Å². The molecule has 7 nitrogen and oxygen atoms in total. The van der Waals surface area contributed by atoms with E-state index in [4.69, 9.17) is 4.52 Å². The summed E-state index contributed by atoms with van der Waals surface area (Å²) < 4.78 is 4.98. The molecule has 2 heterocycles. The predicted octanol–water partition coefficient (Wildman–Crippen LogP) is 2.03. The van der Waals surface area contributed by atoms with Crippen molar-refractivity contribution in [1.82, 2.24) is 10.5 Å². The SMILES string of the molecule is Cc1cc(NC(=O)C(C)Nc2cccc(C3CNC(=O)C3)c2)on1. The van der Waals surface area contributed by atoms with E-state index in [9.17, 15) is 9.59 Å². The van der Waals surface area contributed by atoms with Crippen LogP contribution in [0.2, 0.25) is 0 Å². The summed E-state index contributed by atoms with van der Waals surface area (Å²) in [5.74, 6) is 0.374. The lowest BCUT2D eigenvalue weighted by Gasteiger charge is -2.16. The summed E-state index contributed by atoms with van der Waals surface area (Å²) in [5.41, 5.74) is 2.62. The molecule has 0 aliphatic carbocycles. The third-order valence-corrected chi connectivity index (χ3v) is 3.99. The van der Waals surface area contributed by atoms with E-state index >= 15 is 0 Å². The molecule has 1 aliphatic rings. The van der Waals surface area contributed by atoms with Crippen LogP contribution in [0.1, 0.15) is 30.5 Å². The van der Waals surface area contributed by atoms with Crippen LogP contribution in [-0.4, -0.2) is 29.6 Å². The number of aryl methyl sites for hydroxylation is 1. The number of carbonyl (C=O) groups is 2. The van der Waals surface area contributed by atoms with Crippen LogP contribution in [0.3, 0.4) is 0 Å². The molecule has 0 spiro atoms. The number of rotatable bonds is 5. The van der Waals surface area contributed by atoms with E-state index < -0.39 is 6.04 Å². The number of amides is 2. The molecule has 0 bridgehead atoms. The topological polar surface area (TPSA) is 96.3 Å². The van der Waals surface area contributed by atoms with E-state index in [1.807, 2.05) is 24.3 Å². The molecule has 1 fully saturated rings. The third-order valence-electron chi connectivity index (χ3n) is 3.99. The average molecular weight is 328 g/mol. The van der Waals surface area contributed by atoms with Gasteiger partial charge >= 0.3 is 0 Å². The van der Waals surface area contributed by atoms with Gasteiger partial charge in [-0.1, -0.05) is 17.3 Å². The van der Waals surface area contributed by atoms with Gasteiger partial charge in [-0.15, -0.1) is 0 Å². The standard InChI is InChI=1S/C17H20N4O3/c1-10-6-16(24-21-10)20-17(23)11(2)19-14-5-3-4-12(7-14)13-8-15(22)18-9-13/h3-7,11,13,19H,8-9H2,1-2H3,(H,18,22)(H,20,23). The molecule has 3 rings (SSSR count). The van der Waals surface area contributed by atoms with Crippen LogP contribution < -0.4 is 16.0 Å². The van der Waals surface area contributed by atoms with Gasteiger partial charge in [-0.3, -0.25) is 14.9 Å². The minimum atomic E-state index is -0.450. The molecule has 2 amide bonds. The van der Waals surface area contributed by atoms with Gasteiger partial charge in [0.2, 0.25) is 17.7 Å². The maximum absolute atomic E-state index is 12.2. The zero-order chi connectivity index (χ0) is 17.1. The summed E-state index contributed by atoms with van der Waals surface area (Å²) in [7, 11) is 0. The second kappa shape index (κ2) is 6.74. The Morgan fingerprint density at radius 2 is 2.25 bits per heavy atom. The molecule has 126 valence electrons. The molecule has 2 aromatic rings. The van der Waals surface area contributed by atoms with E-state index in [0.29, 0.717) is 24.5 Å². The third kappa shape index (κ3) is 3.73. The van der Waals surface area contributed by atoms with Crippen molar-refractivity contribution in [2.75, 3.05) is 17.2 Å². The van der Waals surface area contributed by atoms with Gasteiger partial charge in [-0.2, -0.15) is 0 Å². The van der Waals surface area contributed by atoms with E-state index in [0.717, 1.165) is 11.3 Å². The number of carbonyl (C=O) groups excluding carboxylic acids is 2. The fraction of sp³-hybridized carbons (Fsp3) is 0.353. The van der Waals surface area contributed by atoms with E-state index in [1.165, 1.54) is 0 Å². The molecule has 1 aromatic carbocycles. The Morgan fingerprint density at radius 1 is 1.42 bits per heavy atom. The first-order chi connectivity index (χ1) is 11.5. The van der Waals surface area contributed by atoms with Crippen molar-refractivity contribution in [3.63, 3.8) is 0 Å². The molecule has 7 heteroatoms. The summed E-state index contributed by atoms with van der Waals surface area (Å²) in [6.07, 6.45) is 0.504. The number of hydrogen-bond donors (Lipinski definition) is 3. The van der Waals surface area contributed by atoms with Crippen molar-refractivity contribution >= 4 is 23.4 Å². The second-order valence-corrected chi connectivity index (χ2v) is 6.02. The molecular weight excluding hydrogens is 308 g/mol. The lowest BCUT2D eigenvalue weighted by molar-refractivity contribution is -0.119. The zero-order valence-electron chi connectivity index (χ0n) is 13.6. The van der Waals surface area contributed by atoms with Gasteiger partial charge in [0, 0.05) is 30.6 Å². The van der Waals surface area contributed by atoms with Gasteiger partial charge in [0.1, 0.15) is 6.04 Å². The van der Waals surface area contributed by atoms with Crippen LogP contribution in [0, 0.1) is 6.92 Å². The molecule has 1 aromatic heterocycles. The molecule has 2 unspecified atom stereocenters. The Morgan fingerprint density at radius 3 is 2.92 bits per heavy atom. The summed E-state index contributed by atoms with van der Waals surface area (Å²) in [6.45, 7) is 4.21. The van der Waals surface area contributed by atoms with Gasteiger partial charge in [-0.25, -0.2) is 0 Å². The average Bonchev–Trinajstić information content (AvgIpc) is 3.16. The van der Waals surface area contributed by atoms with Crippen LogP contribution in [0.4, 0.5) is 11.6 Å². The number of nitrogens with one attached hydrogen (secondary N) is 3. The van der Waals surface area contributed by atoms with E-state index in [-0.39, 0.29) is 17.7 Å². The first kappa shape index (κ1) is 16.0. The van der Waals surface area contributed by atoms with Crippen molar-refractivity contribution in [3.05, 3.63) is 41.6 Å². The van der Waals surface area contributed by atoms with E-state index in [1.54, 1.807) is 19.9 Å². The smallest absolute Gasteiger partial charge is 0.248 e. The molecule has 1 saturated heterocycles. The maximum Gasteiger partial charge on any atom is 0.248 e. The van der Waals surface area contributed by atoms with Gasteiger partial charge in [-0.05, 0) is 31.5 Å². The number of anilines is 2. The fourth-order valence-electron chi connectivity index (χ4n) is 2.69. The zero-order valence-corrected chi connectivity index (χ0v) is 13.6. The lowest BCUT2D eigenvalue weighted by atomic mass is 9.98. The van der Waals surface area contributed by atoms with Gasteiger partial charge in [0.05, 0.1) is 5.69 Å². The molecular formula is C17H20N4O3. The number of nitrogens with zero attached hydrogens (tertiary/aromatic N) is 1. The number of hydrogen-bond acceptors (Lipinski definition) is 5. The molecule has 2 atom stereocenters. The minimum absolute atomic E-state index is 0.0773. The van der Waals surface area contributed by atoms with Crippen LogP contribution in [-0.2, 0) is 9.59 Å². The first-order valence-corrected chi connectivity index (χ1v) is 7.88. The first-order valence-electron chi connectivity index (χ1n) is 7.88. The molecule has 3 N–H and O–H groups in total. The number of aromatic nitrogens is 1.